The topological polar surface area (TPSA) is 107 Å². The molecule has 1 unspecified atom stereocenters. The normalized spacial score (nSPS) is 13.5. The number of fused-ring (bicyclic) bond motifs is 1. The molecule has 3 atom stereocenters. The van der Waals surface area contributed by atoms with E-state index < -0.39 is 18.1 Å². The molecule has 0 heterocycles. The van der Waals surface area contributed by atoms with E-state index in [0.717, 1.165) is 21.9 Å². The van der Waals surface area contributed by atoms with Crippen molar-refractivity contribution in [3.8, 4) is 0 Å². The van der Waals surface area contributed by atoms with Gasteiger partial charge in [0.2, 0.25) is 5.91 Å². The van der Waals surface area contributed by atoms with E-state index in [2.05, 4.69) is 11.4 Å². The molecule has 0 bridgehead atoms. The van der Waals surface area contributed by atoms with Crippen LogP contribution in [0.25, 0.3) is 10.8 Å². The largest absolute Gasteiger partial charge is 0.460 e. The quantitative estimate of drug-likeness (QED) is 0.427. The highest BCUT2D eigenvalue weighted by molar-refractivity contribution is 5.85. The van der Waals surface area contributed by atoms with Gasteiger partial charge in [0.15, 0.2) is 0 Å². The van der Waals surface area contributed by atoms with Gasteiger partial charge in [-0.1, -0.05) is 66.7 Å². The summed E-state index contributed by atoms with van der Waals surface area (Å²) in [5.41, 5.74) is 13.8. The van der Waals surface area contributed by atoms with Gasteiger partial charge in [-0.15, -0.1) is 12.4 Å². The number of esters is 1. The number of rotatable bonds is 9. The molecule has 0 fully saturated rings. The number of carbonyl (C=O) groups is 2. The Kier molecular flexibility index (Phi) is 9.65. The molecule has 0 saturated carbocycles. The highest BCUT2D eigenvalue weighted by Gasteiger charge is 2.21. The fourth-order valence-electron chi connectivity index (χ4n) is 3.32. The van der Waals surface area contributed by atoms with E-state index >= 15 is 0 Å². The molecule has 0 aliphatic rings. The average molecular weight is 456 g/mol. The summed E-state index contributed by atoms with van der Waals surface area (Å²) in [6.07, 6.45) is 0.560. The van der Waals surface area contributed by atoms with E-state index in [1.807, 2.05) is 73.7 Å². The summed E-state index contributed by atoms with van der Waals surface area (Å²) in [4.78, 5) is 24.6. The van der Waals surface area contributed by atoms with Crippen molar-refractivity contribution >= 4 is 35.1 Å². The average Bonchev–Trinajstić information content (AvgIpc) is 2.80. The monoisotopic (exact) mass is 455 g/mol. The van der Waals surface area contributed by atoms with Gasteiger partial charge in [-0.05, 0) is 47.7 Å². The Morgan fingerprint density at radius 3 is 2.22 bits per heavy atom. The van der Waals surface area contributed by atoms with Crippen LogP contribution in [-0.2, 0) is 20.9 Å². The van der Waals surface area contributed by atoms with E-state index in [1.54, 1.807) is 0 Å². The van der Waals surface area contributed by atoms with Crippen molar-refractivity contribution in [1.82, 2.24) is 5.32 Å². The first-order valence-corrected chi connectivity index (χ1v) is 10.4. The zero-order valence-corrected chi connectivity index (χ0v) is 18.9. The molecule has 5 N–H and O–H groups in total. The number of halogens is 1. The first-order chi connectivity index (χ1) is 14.9. The molecule has 7 heteroatoms. The van der Waals surface area contributed by atoms with Crippen LogP contribution in [0.2, 0.25) is 0 Å². The minimum absolute atomic E-state index is 0. The summed E-state index contributed by atoms with van der Waals surface area (Å²) in [5.74, 6) is -0.772. The maximum Gasteiger partial charge on any atom is 0.323 e. The molecule has 0 aliphatic heterocycles. The Bertz CT molecular complexity index is 1030. The van der Waals surface area contributed by atoms with Crippen LogP contribution in [0.4, 0.5) is 0 Å². The second-order valence-electron chi connectivity index (χ2n) is 7.72. The van der Waals surface area contributed by atoms with Crippen LogP contribution < -0.4 is 16.8 Å². The van der Waals surface area contributed by atoms with Gasteiger partial charge in [0.25, 0.3) is 0 Å². The molecule has 0 radical (unpaired) electrons. The first-order valence-electron chi connectivity index (χ1n) is 10.4. The van der Waals surface area contributed by atoms with Crippen molar-refractivity contribution in [2.24, 2.45) is 11.5 Å². The second kappa shape index (κ2) is 12.2. The fourth-order valence-corrected chi connectivity index (χ4v) is 3.32. The lowest BCUT2D eigenvalue weighted by Gasteiger charge is -2.19. The third-order valence-corrected chi connectivity index (χ3v) is 5.28. The van der Waals surface area contributed by atoms with Gasteiger partial charge < -0.3 is 21.5 Å². The summed E-state index contributed by atoms with van der Waals surface area (Å²) >= 11 is 0. The van der Waals surface area contributed by atoms with E-state index in [9.17, 15) is 9.59 Å². The smallest absolute Gasteiger partial charge is 0.323 e. The molecular weight excluding hydrogens is 426 g/mol. The number of ether oxygens (including phenoxy) is 1. The molecule has 32 heavy (non-hydrogen) atoms. The number of hydrogen-bond acceptors (Lipinski definition) is 5. The van der Waals surface area contributed by atoms with Gasteiger partial charge in [-0.25, -0.2) is 0 Å². The van der Waals surface area contributed by atoms with Crippen LogP contribution in [0.15, 0.2) is 72.8 Å². The first kappa shape index (κ1) is 25.3. The zero-order valence-electron chi connectivity index (χ0n) is 18.1. The highest BCUT2D eigenvalue weighted by Crippen LogP contribution is 2.20. The minimum atomic E-state index is -0.819. The maximum atomic E-state index is 12.5. The van der Waals surface area contributed by atoms with Gasteiger partial charge in [0, 0.05) is 0 Å². The molecule has 3 aromatic rings. The van der Waals surface area contributed by atoms with Crippen molar-refractivity contribution in [3.05, 3.63) is 83.9 Å². The predicted octanol–water partition coefficient (Wildman–Crippen LogP) is 3.62. The lowest BCUT2D eigenvalue weighted by atomic mass is 10.0. The van der Waals surface area contributed by atoms with Crippen LogP contribution in [0, 0.1) is 0 Å². The standard InChI is InChI=1S/C25H29N3O3.ClH/c1-17(20-12-11-19-9-5-6-10-21(19)15-20)28-24(29)22(26)13-14-23(27)25(30)31-16-18-7-3-2-4-8-18;/h2-12,15,17,22-23H,13-14,16,26-27H2,1H3,(H,28,29);1H/t17?,22-,23+;/m1./s1. The molecule has 0 spiro atoms. The molecule has 1 amide bonds. The second-order valence-corrected chi connectivity index (χ2v) is 7.72. The number of benzene rings is 3. The molecule has 3 aromatic carbocycles. The van der Waals surface area contributed by atoms with Crippen molar-refractivity contribution in [3.63, 3.8) is 0 Å². The molecule has 0 saturated heterocycles. The van der Waals surface area contributed by atoms with Gasteiger partial charge in [-0.2, -0.15) is 0 Å². The van der Waals surface area contributed by atoms with Crippen LogP contribution in [-0.4, -0.2) is 24.0 Å². The molecular formula is C25H30ClN3O3. The number of carbonyl (C=O) groups excluding carboxylic acids is 2. The van der Waals surface area contributed by atoms with E-state index in [4.69, 9.17) is 16.2 Å². The lowest BCUT2D eigenvalue weighted by Crippen LogP contribution is -2.43. The molecule has 0 aliphatic carbocycles. The minimum Gasteiger partial charge on any atom is -0.460 e. The van der Waals surface area contributed by atoms with Crippen LogP contribution >= 0.6 is 12.4 Å². The Labute approximate surface area is 194 Å². The van der Waals surface area contributed by atoms with E-state index in [-0.39, 0.29) is 43.8 Å². The van der Waals surface area contributed by atoms with E-state index in [0.29, 0.717) is 0 Å². The van der Waals surface area contributed by atoms with Crippen molar-refractivity contribution in [1.29, 1.82) is 0 Å². The Morgan fingerprint density at radius 1 is 0.875 bits per heavy atom. The summed E-state index contributed by atoms with van der Waals surface area (Å²) in [6, 6.07) is 21.8. The number of nitrogens with two attached hydrogens (primary N) is 2. The Hall–Kier alpha value is -2.93. The fraction of sp³-hybridized carbons (Fsp3) is 0.280. The third-order valence-electron chi connectivity index (χ3n) is 5.28. The summed E-state index contributed by atoms with van der Waals surface area (Å²) in [6.45, 7) is 2.09. The lowest BCUT2D eigenvalue weighted by molar-refractivity contribution is -0.146. The van der Waals surface area contributed by atoms with Crippen molar-refractivity contribution < 1.29 is 14.3 Å². The van der Waals surface area contributed by atoms with Gasteiger partial charge in [0.05, 0.1) is 12.1 Å². The number of hydrogen-bond donors (Lipinski definition) is 3. The summed E-state index contributed by atoms with van der Waals surface area (Å²) in [5, 5.41) is 5.20. The Morgan fingerprint density at radius 2 is 1.50 bits per heavy atom. The van der Waals surface area contributed by atoms with Crippen LogP contribution in [0.3, 0.4) is 0 Å². The van der Waals surface area contributed by atoms with Crippen LogP contribution in [0.1, 0.15) is 36.9 Å². The highest BCUT2D eigenvalue weighted by atomic mass is 35.5. The number of amides is 1. The van der Waals surface area contributed by atoms with Crippen LogP contribution in [0.5, 0.6) is 0 Å². The maximum absolute atomic E-state index is 12.5. The zero-order chi connectivity index (χ0) is 22.2. The van der Waals surface area contributed by atoms with Gasteiger partial charge >= 0.3 is 5.97 Å². The van der Waals surface area contributed by atoms with Crippen molar-refractivity contribution in [2.75, 3.05) is 0 Å². The SMILES string of the molecule is CC(NC(=O)[C@H](N)CC[C@H](N)C(=O)OCc1ccccc1)c1ccc2ccccc2c1.Cl. The molecule has 0 aromatic heterocycles. The third kappa shape index (κ3) is 7.05. The van der Waals surface area contributed by atoms with Crippen molar-refractivity contribution in [2.45, 2.75) is 44.5 Å². The summed E-state index contributed by atoms with van der Waals surface area (Å²) < 4.78 is 5.23. The predicted molar refractivity (Wildman–Crippen MR) is 129 cm³/mol. The number of nitrogens with one attached hydrogen (secondary N) is 1. The van der Waals surface area contributed by atoms with Gasteiger partial charge in [-0.3, -0.25) is 9.59 Å². The van der Waals surface area contributed by atoms with Gasteiger partial charge in [0.1, 0.15) is 12.6 Å². The molecule has 170 valence electrons. The van der Waals surface area contributed by atoms with E-state index in [1.165, 1.54) is 0 Å². The summed E-state index contributed by atoms with van der Waals surface area (Å²) in [7, 11) is 0. The molecule has 3 rings (SSSR count). The molecule has 6 nitrogen and oxygen atoms in total. The Balaban J connectivity index is 0.00000363.